The number of imidazole rings is 1. The van der Waals surface area contributed by atoms with Gasteiger partial charge in [-0.2, -0.15) is 0 Å². The smallest absolute Gasteiger partial charge is 0.308 e. The van der Waals surface area contributed by atoms with E-state index < -0.39 is 0 Å². The molecule has 170 valence electrons. The first-order valence-electron chi connectivity index (χ1n) is 11.7. The molecule has 1 aliphatic carbocycles. The van der Waals surface area contributed by atoms with Gasteiger partial charge in [-0.3, -0.25) is 4.79 Å². The van der Waals surface area contributed by atoms with Crippen LogP contribution in [0.15, 0.2) is 42.5 Å². The molecule has 3 aromatic rings. The highest BCUT2D eigenvalue weighted by Gasteiger charge is 2.34. The van der Waals surface area contributed by atoms with E-state index in [4.69, 9.17) is 9.72 Å². The number of carbonyl (C=O) groups excluding carboxylic acids is 1. The molecule has 2 atom stereocenters. The molecule has 1 aliphatic rings. The van der Waals surface area contributed by atoms with Gasteiger partial charge in [0.15, 0.2) is 0 Å². The van der Waals surface area contributed by atoms with Gasteiger partial charge in [-0.25, -0.2) is 4.98 Å². The standard InChI is InChI=1S/C27H35N3O2/c1-17(2)20-7-9-21(10-8-20)28-26-29-24-14-23(32-19(4)31)11-12-25(24)30(26)22-13-18(3)15-27(5,6)16-22/h7-12,14,17-18,22H,13,15-16H2,1-6H3,(H,28,29)/t18-,22+/m0/s1. The van der Waals surface area contributed by atoms with Crippen LogP contribution in [0.4, 0.5) is 11.6 Å². The number of esters is 1. The van der Waals surface area contributed by atoms with E-state index in [1.807, 2.05) is 18.2 Å². The zero-order chi connectivity index (χ0) is 23.0. The maximum Gasteiger partial charge on any atom is 0.308 e. The number of hydrogen-bond acceptors (Lipinski definition) is 4. The number of nitrogens with zero attached hydrogens (tertiary/aromatic N) is 2. The summed E-state index contributed by atoms with van der Waals surface area (Å²) >= 11 is 0. The molecule has 5 nitrogen and oxygen atoms in total. The summed E-state index contributed by atoms with van der Waals surface area (Å²) in [5, 5.41) is 3.57. The number of hydrogen-bond donors (Lipinski definition) is 1. The van der Waals surface area contributed by atoms with Crippen molar-refractivity contribution in [2.75, 3.05) is 5.32 Å². The van der Waals surface area contributed by atoms with E-state index in [0.717, 1.165) is 35.5 Å². The lowest BCUT2D eigenvalue weighted by Gasteiger charge is -2.40. The maximum absolute atomic E-state index is 11.4. The van der Waals surface area contributed by atoms with Crippen molar-refractivity contribution in [1.29, 1.82) is 0 Å². The second kappa shape index (κ2) is 8.61. The largest absolute Gasteiger partial charge is 0.427 e. The van der Waals surface area contributed by atoms with Gasteiger partial charge in [-0.1, -0.05) is 46.8 Å². The highest BCUT2D eigenvalue weighted by Crippen LogP contribution is 2.46. The van der Waals surface area contributed by atoms with E-state index in [0.29, 0.717) is 23.6 Å². The Labute approximate surface area is 191 Å². The van der Waals surface area contributed by atoms with Gasteiger partial charge in [0.05, 0.1) is 11.0 Å². The van der Waals surface area contributed by atoms with E-state index in [2.05, 4.69) is 68.8 Å². The van der Waals surface area contributed by atoms with Crippen molar-refractivity contribution in [2.45, 2.75) is 72.8 Å². The van der Waals surface area contributed by atoms with Crippen LogP contribution in [0.2, 0.25) is 0 Å². The van der Waals surface area contributed by atoms with E-state index in [1.54, 1.807) is 0 Å². The first-order valence-corrected chi connectivity index (χ1v) is 11.7. The van der Waals surface area contributed by atoms with Crippen LogP contribution >= 0.6 is 0 Å². The molecule has 4 rings (SSSR count). The molecule has 0 radical (unpaired) electrons. The average Bonchev–Trinajstić information content (AvgIpc) is 3.03. The highest BCUT2D eigenvalue weighted by molar-refractivity contribution is 5.82. The lowest BCUT2D eigenvalue weighted by Crippen LogP contribution is -2.29. The molecule has 1 heterocycles. The second-order valence-electron chi connectivity index (χ2n) is 10.5. The van der Waals surface area contributed by atoms with Gasteiger partial charge in [0, 0.05) is 24.7 Å². The summed E-state index contributed by atoms with van der Waals surface area (Å²) in [4.78, 5) is 16.4. The molecule has 0 spiro atoms. The summed E-state index contributed by atoms with van der Waals surface area (Å²) in [5.74, 6) is 2.20. The van der Waals surface area contributed by atoms with Crippen molar-refractivity contribution in [3.8, 4) is 5.75 Å². The normalized spacial score (nSPS) is 20.5. The Morgan fingerprint density at radius 1 is 1.16 bits per heavy atom. The third kappa shape index (κ3) is 4.82. The molecule has 2 aromatic carbocycles. The summed E-state index contributed by atoms with van der Waals surface area (Å²) in [7, 11) is 0. The predicted molar refractivity (Wildman–Crippen MR) is 131 cm³/mol. The summed E-state index contributed by atoms with van der Waals surface area (Å²) in [5.41, 5.74) is 4.53. The molecule has 5 heteroatoms. The fourth-order valence-electron chi connectivity index (χ4n) is 5.34. The third-order valence-electron chi connectivity index (χ3n) is 6.48. The van der Waals surface area contributed by atoms with E-state index in [9.17, 15) is 4.79 Å². The first kappa shape index (κ1) is 22.4. The lowest BCUT2D eigenvalue weighted by molar-refractivity contribution is -0.131. The quantitative estimate of drug-likeness (QED) is 0.341. The zero-order valence-electron chi connectivity index (χ0n) is 20.1. The topological polar surface area (TPSA) is 56.1 Å². The number of ether oxygens (including phenoxy) is 1. The minimum absolute atomic E-state index is 0.285. The summed E-state index contributed by atoms with van der Waals surface area (Å²) in [6.45, 7) is 12.9. The minimum Gasteiger partial charge on any atom is -0.427 e. The Morgan fingerprint density at radius 2 is 1.88 bits per heavy atom. The molecule has 0 unspecified atom stereocenters. The fraction of sp³-hybridized carbons (Fsp3) is 0.481. The summed E-state index contributed by atoms with van der Waals surface area (Å²) in [6, 6.07) is 14.7. The van der Waals surface area contributed by atoms with Crippen molar-refractivity contribution in [3.05, 3.63) is 48.0 Å². The predicted octanol–water partition coefficient (Wildman–Crippen LogP) is 7.22. The molecule has 0 amide bonds. The number of fused-ring (bicyclic) bond motifs is 1. The molecule has 32 heavy (non-hydrogen) atoms. The van der Waals surface area contributed by atoms with Crippen LogP contribution in [0.5, 0.6) is 5.75 Å². The molecule has 1 fully saturated rings. The fourth-order valence-corrected chi connectivity index (χ4v) is 5.34. The van der Waals surface area contributed by atoms with E-state index in [-0.39, 0.29) is 11.4 Å². The van der Waals surface area contributed by atoms with Crippen LogP contribution in [0, 0.1) is 11.3 Å². The molecule has 0 bridgehead atoms. The summed E-state index contributed by atoms with van der Waals surface area (Å²) < 4.78 is 7.67. The number of anilines is 2. The van der Waals surface area contributed by atoms with Crippen molar-refractivity contribution in [2.24, 2.45) is 11.3 Å². The van der Waals surface area contributed by atoms with Crippen molar-refractivity contribution < 1.29 is 9.53 Å². The minimum atomic E-state index is -0.324. The molecular formula is C27H35N3O2. The number of benzene rings is 2. The number of nitrogens with one attached hydrogen (secondary N) is 1. The van der Waals surface area contributed by atoms with Gasteiger partial charge in [0.25, 0.3) is 0 Å². The monoisotopic (exact) mass is 433 g/mol. The van der Waals surface area contributed by atoms with Crippen LogP contribution in [-0.2, 0) is 4.79 Å². The first-order chi connectivity index (χ1) is 15.1. The van der Waals surface area contributed by atoms with Gasteiger partial charge in [-0.15, -0.1) is 0 Å². The van der Waals surface area contributed by atoms with Gasteiger partial charge in [-0.05, 0) is 66.3 Å². The number of aromatic nitrogens is 2. The summed E-state index contributed by atoms with van der Waals surface area (Å²) in [6.07, 6.45) is 3.48. The Hall–Kier alpha value is -2.82. The third-order valence-corrected chi connectivity index (χ3v) is 6.48. The maximum atomic E-state index is 11.4. The van der Waals surface area contributed by atoms with Gasteiger partial charge in [0.1, 0.15) is 5.75 Å². The van der Waals surface area contributed by atoms with Crippen molar-refractivity contribution >= 4 is 28.6 Å². The Morgan fingerprint density at radius 3 is 2.50 bits per heavy atom. The second-order valence-corrected chi connectivity index (χ2v) is 10.5. The molecule has 1 aromatic heterocycles. The molecule has 1 N–H and O–H groups in total. The van der Waals surface area contributed by atoms with Crippen LogP contribution in [0.1, 0.15) is 78.3 Å². The van der Waals surface area contributed by atoms with Gasteiger partial charge in [0.2, 0.25) is 5.95 Å². The van der Waals surface area contributed by atoms with Gasteiger partial charge >= 0.3 is 5.97 Å². The van der Waals surface area contributed by atoms with Crippen molar-refractivity contribution in [1.82, 2.24) is 9.55 Å². The lowest BCUT2D eigenvalue weighted by atomic mass is 9.70. The number of carbonyl (C=O) groups is 1. The Balaban J connectivity index is 1.76. The Kier molecular flexibility index (Phi) is 6.02. The zero-order valence-corrected chi connectivity index (χ0v) is 20.1. The van der Waals surface area contributed by atoms with Gasteiger partial charge < -0.3 is 14.6 Å². The molecule has 0 saturated heterocycles. The van der Waals surface area contributed by atoms with Crippen LogP contribution < -0.4 is 10.1 Å². The average molecular weight is 434 g/mol. The Bertz CT molecular complexity index is 1110. The molecular weight excluding hydrogens is 398 g/mol. The highest BCUT2D eigenvalue weighted by atomic mass is 16.5. The van der Waals surface area contributed by atoms with Crippen LogP contribution in [-0.4, -0.2) is 15.5 Å². The van der Waals surface area contributed by atoms with E-state index >= 15 is 0 Å². The molecule has 0 aliphatic heterocycles. The SMILES string of the molecule is CC(=O)Oc1ccc2c(c1)nc(Nc1ccc(C(C)C)cc1)n2[C@@H]1C[C@H](C)CC(C)(C)C1. The number of rotatable bonds is 5. The molecule has 1 saturated carbocycles. The van der Waals surface area contributed by atoms with Crippen LogP contribution in [0.25, 0.3) is 11.0 Å². The van der Waals surface area contributed by atoms with E-state index in [1.165, 1.54) is 18.9 Å². The van der Waals surface area contributed by atoms with Crippen molar-refractivity contribution in [3.63, 3.8) is 0 Å². The van der Waals surface area contributed by atoms with Crippen LogP contribution in [0.3, 0.4) is 0 Å².